The second-order valence-electron chi connectivity index (χ2n) is 8.83. The third kappa shape index (κ3) is 4.10. The van der Waals surface area contributed by atoms with Crippen LogP contribution < -0.4 is 5.32 Å². The highest BCUT2D eigenvalue weighted by atomic mass is 35.5. The van der Waals surface area contributed by atoms with Crippen LogP contribution in [0.3, 0.4) is 0 Å². The van der Waals surface area contributed by atoms with Gasteiger partial charge in [-0.05, 0) is 55.3 Å². The van der Waals surface area contributed by atoms with E-state index in [1.807, 2.05) is 12.1 Å². The first-order valence-corrected chi connectivity index (χ1v) is 11.1. The summed E-state index contributed by atoms with van der Waals surface area (Å²) in [5.41, 5.74) is 2.46. The number of halogens is 2. The highest BCUT2D eigenvalue weighted by Gasteiger charge is 2.58. The molecule has 2 heterocycles. The number of piperidine rings is 1. The van der Waals surface area contributed by atoms with Gasteiger partial charge in [0.25, 0.3) is 0 Å². The Balaban J connectivity index is 1.57. The second kappa shape index (κ2) is 8.26. The van der Waals surface area contributed by atoms with Gasteiger partial charge in [-0.25, -0.2) is 14.4 Å². The average molecular weight is 461 g/mol. The number of nitrogens with zero attached hydrogens (tertiary/aromatic N) is 3. The van der Waals surface area contributed by atoms with Gasteiger partial charge in [-0.1, -0.05) is 36.1 Å². The van der Waals surface area contributed by atoms with Crippen molar-refractivity contribution in [2.24, 2.45) is 11.3 Å². The highest BCUT2D eigenvalue weighted by molar-refractivity contribution is 6.31. The standard InChI is InChI=1S/C26H22ClFN4O/c1-3-19(33)9-17-10-20-23(11-16(17)7-8-26-12-18(26)13-32(2)14-26)29-15-30-25(20)31-22-6-4-5-21(27)24(22)28/h3-6,10-11,15,18H,1,9,12-14H2,2H3,(H,29,30,31)/t18-,26+/m1/s1. The number of ketones is 1. The van der Waals surface area contributed by atoms with Gasteiger partial charge >= 0.3 is 0 Å². The first-order chi connectivity index (χ1) is 15.9. The van der Waals surface area contributed by atoms with Gasteiger partial charge in [-0.15, -0.1) is 0 Å². The summed E-state index contributed by atoms with van der Waals surface area (Å²) in [5, 5.41) is 3.69. The van der Waals surface area contributed by atoms with Gasteiger partial charge in [-0.3, -0.25) is 4.79 Å². The first kappa shape index (κ1) is 21.6. The van der Waals surface area contributed by atoms with Crippen molar-refractivity contribution < 1.29 is 9.18 Å². The Bertz CT molecular complexity index is 1360. The minimum absolute atomic E-state index is 0.0171. The summed E-state index contributed by atoms with van der Waals surface area (Å²) in [5.74, 6) is 7.22. The maximum absolute atomic E-state index is 14.4. The maximum Gasteiger partial charge on any atom is 0.165 e. The van der Waals surface area contributed by atoms with Crippen LogP contribution in [0.25, 0.3) is 10.9 Å². The number of rotatable bonds is 5. The lowest BCUT2D eigenvalue weighted by atomic mass is 9.98. The van der Waals surface area contributed by atoms with Gasteiger partial charge in [0.2, 0.25) is 0 Å². The number of nitrogens with one attached hydrogen (secondary N) is 1. The van der Waals surface area contributed by atoms with Crippen molar-refractivity contribution in [2.45, 2.75) is 12.8 Å². The quantitative estimate of drug-likeness (QED) is 0.439. The van der Waals surface area contributed by atoms with Crippen molar-refractivity contribution in [3.05, 3.63) is 71.3 Å². The summed E-state index contributed by atoms with van der Waals surface area (Å²) in [6, 6.07) is 8.46. The Labute approximate surface area is 196 Å². The Morgan fingerprint density at radius 2 is 2.27 bits per heavy atom. The molecule has 2 atom stereocenters. The molecule has 2 aliphatic rings. The van der Waals surface area contributed by atoms with Gasteiger partial charge < -0.3 is 10.2 Å². The topological polar surface area (TPSA) is 58.1 Å². The predicted molar refractivity (Wildman–Crippen MR) is 128 cm³/mol. The summed E-state index contributed by atoms with van der Waals surface area (Å²) in [6.45, 7) is 5.65. The molecule has 1 aliphatic heterocycles. The lowest BCUT2D eigenvalue weighted by molar-refractivity contribution is -0.114. The number of hydrogen-bond acceptors (Lipinski definition) is 5. The van der Waals surface area contributed by atoms with E-state index in [-0.39, 0.29) is 28.3 Å². The zero-order chi connectivity index (χ0) is 23.2. The summed E-state index contributed by atoms with van der Waals surface area (Å²) in [4.78, 5) is 23.2. The van der Waals surface area contributed by atoms with Crippen molar-refractivity contribution in [1.82, 2.24) is 14.9 Å². The summed E-state index contributed by atoms with van der Waals surface area (Å²) < 4.78 is 14.4. The average Bonchev–Trinajstić information content (AvgIpc) is 3.36. The number of likely N-dealkylation sites (tertiary alicyclic amines) is 1. The van der Waals surface area contributed by atoms with E-state index in [0.29, 0.717) is 22.6 Å². The number of carbonyl (C=O) groups is 1. The molecule has 0 spiro atoms. The second-order valence-corrected chi connectivity index (χ2v) is 9.23. The van der Waals surface area contributed by atoms with Crippen LogP contribution in [0.4, 0.5) is 15.9 Å². The molecule has 0 unspecified atom stereocenters. The van der Waals surface area contributed by atoms with Crippen LogP contribution in [-0.4, -0.2) is 40.8 Å². The van der Waals surface area contributed by atoms with Crippen LogP contribution in [0, 0.1) is 29.0 Å². The van der Waals surface area contributed by atoms with Gasteiger partial charge in [0.15, 0.2) is 11.6 Å². The number of anilines is 2. The van der Waals surface area contributed by atoms with E-state index < -0.39 is 5.82 Å². The fourth-order valence-corrected chi connectivity index (χ4v) is 4.79. The summed E-state index contributed by atoms with van der Waals surface area (Å²) in [7, 11) is 2.12. The van der Waals surface area contributed by atoms with Crippen molar-refractivity contribution >= 4 is 39.8 Å². The molecule has 1 aromatic heterocycles. The SMILES string of the molecule is C=CC(=O)Cc1cc2c(Nc3cccc(Cl)c3F)ncnc2cc1C#C[C@@]12C[C@@H]1CN(C)C2. The molecule has 0 bridgehead atoms. The number of benzene rings is 2. The van der Waals surface area contributed by atoms with E-state index in [9.17, 15) is 9.18 Å². The van der Waals surface area contributed by atoms with Gasteiger partial charge in [0.1, 0.15) is 12.1 Å². The largest absolute Gasteiger partial charge is 0.337 e. The smallest absolute Gasteiger partial charge is 0.165 e. The summed E-state index contributed by atoms with van der Waals surface area (Å²) >= 11 is 5.92. The van der Waals surface area contributed by atoms with Gasteiger partial charge in [0.05, 0.1) is 16.2 Å². The molecule has 0 amide bonds. The van der Waals surface area contributed by atoms with Crippen LogP contribution in [0.1, 0.15) is 17.5 Å². The molecule has 2 fully saturated rings. The normalized spacial score (nSPS) is 21.2. The molecular formula is C26H22ClFN4O. The molecule has 166 valence electrons. The molecule has 5 nitrogen and oxygen atoms in total. The van der Waals surface area contributed by atoms with Crippen LogP contribution in [0.15, 0.2) is 49.3 Å². The number of carbonyl (C=O) groups excluding carboxylic acids is 1. The van der Waals surface area contributed by atoms with Crippen molar-refractivity contribution in [3.8, 4) is 11.8 Å². The number of fused-ring (bicyclic) bond motifs is 2. The monoisotopic (exact) mass is 460 g/mol. The van der Waals surface area contributed by atoms with E-state index >= 15 is 0 Å². The molecule has 2 aromatic carbocycles. The van der Waals surface area contributed by atoms with Crippen LogP contribution in [0.2, 0.25) is 5.02 Å². The van der Waals surface area contributed by atoms with Gasteiger partial charge in [0, 0.05) is 35.9 Å². The first-order valence-electron chi connectivity index (χ1n) is 10.7. The fraction of sp³-hybridized carbons (Fsp3) is 0.269. The van der Waals surface area contributed by atoms with E-state index in [1.54, 1.807) is 12.1 Å². The predicted octanol–water partition coefficient (Wildman–Crippen LogP) is 4.77. The lowest BCUT2D eigenvalue weighted by Crippen LogP contribution is -2.19. The minimum atomic E-state index is -0.560. The highest BCUT2D eigenvalue weighted by Crippen LogP contribution is 2.56. The lowest BCUT2D eigenvalue weighted by Gasteiger charge is -2.12. The van der Waals surface area contributed by atoms with Crippen LogP contribution in [0.5, 0.6) is 0 Å². The van der Waals surface area contributed by atoms with Gasteiger partial charge in [-0.2, -0.15) is 0 Å². The van der Waals surface area contributed by atoms with Crippen LogP contribution in [-0.2, 0) is 11.2 Å². The summed E-state index contributed by atoms with van der Waals surface area (Å²) in [6.07, 6.45) is 4.02. The zero-order valence-electron chi connectivity index (χ0n) is 18.2. The Hall–Kier alpha value is -3.27. The Morgan fingerprint density at radius 3 is 3.03 bits per heavy atom. The molecule has 33 heavy (non-hydrogen) atoms. The molecule has 1 aliphatic carbocycles. The Morgan fingerprint density at radius 1 is 1.42 bits per heavy atom. The third-order valence-corrected chi connectivity index (χ3v) is 6.71. The zero-order valence-corrected chi connectivity index (χ0v) is 18.9. The molecule has 1 N–H and O–H groups in total. The molecule has 0 radical (unpaired) electrons. The third-order valence-electron chi connectivity index (χ3n) is 6.42. The van der Waals surface area contributed by atoms with E-state index in [2.05, 4.69) is 45.7 Å². The number of aromatic nitrogens is 2. The van der Waals surface area contributed by atoms with E-state index in [1.165, 1.54) is 18.5 Å². The van der Waals surface area contributed by atoms with E-state index in [0.717, 1.165) is 30.6 Å². The minimum Gasteiger partial charge on any atom is -0.337 e. The molecule has 3 aromatic rings. The molecular weight excluding hydrogens is 439 g/mol. The molecule has 1 saturated heterocycles. The fourth-order valence-electron chi connectivity index (χ4n) is 4.62. The molecule has 7 heteroatoms. The van der Waals surface area contributed by atoms with Crippen molar-refractivity contribution in [3.63, 3.8) is 0 Å². The number of allylic oxidation sites excluding steroid dienone is 1. The molecule has 5 rings (SSSR count). The maximum atomic E-state index is 14.4. The van der Waals surface area contributed by atoms with E-state index in [4.69, 9.17) is 11.6 Å². The van der Waals surface area contributed by atoms with Crippen molar-refractivity contribution in [1.29, 1.82) is 0 Å². The van der Waals surface area contributed by atoms with Crippen molar-refractivity contribution in [2.75, 3.05) is 25.5 Å². The number of hydrogen-bond donors (Lipinski definition) is 1. The Kier molecular flexibility index (Phi) is 5.40. The van der Waals surface area contributed by atoms with Crippen LogP contribution >= 0.6 is 11.6 Å². The molecule has 1 saturated carbocycles.